The van der Waals surface area contributed by atoms with Crippen LogP contribution >= 0.6 is 15.9 Å². The number of halogens is 1. The van der Waals surface area contributed by atoms with Crippen LogP contribution in [0.5, 0.6) is 0 Å². The normalized spacial score (nSPS) is 11.8. The van der Waals surface area contributed by atoms with Crippen LogP contribution in [-0.4, -0.2) is 36.1 Å². The fourth-order valence-corrected chi connectivity index (χ4v) is 3.24. The molecule has 2 aromatic rings. The molecule has 8 heteroatoms. The molecule has 0 radical (unpaired) electrons. The third-order valence-electron chi connectivity index (χ3n) is 2.68. The Kier molecular flexibility index (Phi) is 4.14. The molecule has 0 aliphatic carbocycles. The predicted molar refractivity (Wildman–Crippen MR) is 76.6 cm³/mol. The Morgan fingerprint density at radius 2 is 2.10 bits per heavy atom. The summed E-state index contributed by atoms with van der Waals surface area (Å²) in [7, 11) is -3.61. The van der Waals surface area contributed by atoms with Gasteiger partial charge in [-0.05, 0) is 35.0 Å². The SMILES string of the molecule is CCOC(=O)c1nc2ccc(Br)cn2c1S(=O)(=O)CC. The number of rotatable bonds is 4. The molecule has 108 valence electrons. The number of sulfone groups is 1. The number of ether oxygens (including phenoxy) is 1. The van der Waals surface area contributed by atoms with Crippen LogP contribution in [0, 0.1) is 0 Å². The molecule has 2 aromatic heterocycles. The molecule has 0 aliphatic rings. The lowest BCUT2D eigenvalue weighted by Gasteiger charge is -2.04. The second-order valence-electron chi connectivity index (χ2n) is 3.96. The number of pyridine rings is 1. The number of fused-ring (bicyclic) bond motifs is 1. The van der Waals surface area contributed by atoms with Gasteiger partial charge in [0.15, 0.2) is 20.6 Å². The van der Waals surface area contributed by atoms with Gasteiger partial charge in [-0.15, -0.1) is 0 Å². The van der Waals surface area contributed by atoms with E-state index < -0.39 is 15.8 Å². The van der Waals surface area contributed by atoms with Gasteiger partial charge in [-0.25, -0.2) is 18.2 Å². The van der Waals surface area contributed by atoms with E-state index in [1.807, 2.05) is 0 Å². The van der Waals surface area contributed by atoms with E-state index in [-0.39, 0.29) is 23.1 Å². The van der Waals surface area contributed by atoms with E-state index in [2.05, 4.69) is 20.9 Å². The maximum Gasteiger partial charge on any atom is 0.359 e. The van der Waals surface area contributed by atoms with E-state index in [1.165, 1.54) is 11.3 Å². The van der Waals surface area contributed by atoms with E-state index >= 15 is 0 Å². The molecular weight excluding hydrogens is 348 g/mol. The van der Waals surface area contributed by atoms with Crippen LogP contribution in [0.25, 0.3) is 5.65 Å². The van der Waals surface area contributed by atoms with Crippen LogP contribution in [0.3, 0.4) is 0 Å². The number of aromatic nitrogens is 2. The third-order valence-corrected chi connectivity index (χ3v) is 4.89. The van der Waals surface area contributed by atoms with Crippen molar-refractivity contribution < 1.29 is 17.9 Å². The number of esters is 1. The highest BCUT2D eigenvalue weighted by molar-refractivity contribution is 9.10. The summed E-state index contributed by atoms with van der Waals surface area (Å²) in [6.45, 7) is 3.32. The van der Waals surface area contributed by atoms with Crippen molar-refractivity contribution in [3.05, 3.63) is 28.5 Å². The number of nitrogens with zero attached hydrogens (tertiary/aromatic N) is 2. The van der Waals surface area contributed by atoms with E-state index in [4.69, 9.17) is 4.74 Å². The van der Waals surface area contributed by atoms with E-state index in [9.17, 15) is 13.2 Å². The van der Waals surface area contributed by atoms with Crippen LogP contribution in [0.2, 0.25) is 0 Å². The van der Waals surface area contributed by atoms with Gasteiger partial charge in [0.05, 0.1) is 12.4 Å². The Labute approximate surface area is 124 Å². The van der Waals surface area contributed by atoms with Crippen molar-refractivity contribution in [1.82, 2.24) is 9.38 Å². The average molecular weight is 361 g/mol. The van der Waals surface area contributed by atoms with Crippen molar-refractivity contribution in [2.45, 2.75) is 18.9 Å². The first kappa shape index (κ1) is 15.0. The number of hydrogen-bond acceptors (Lipinski definition) is 5. The molecule has 0 saturated heterocycles. The largest absolute Gasteiger partial charge is 0.461 e. The number of imidazole rings is 1. The number of carbonyl (C=O) groups excluding carboxylic acids is 1. The predicted octanol–water partition coefficient (Wildman–Crippen LogP) is 2.07. The first-order valence-electron chi connectivity index (χ1n) is 5.98. The van der Waals surface area contributed by atoms with Gasteiger partial charge in [-0.3, -0.25) is 4.40 Å². The van der Waals surface area contributed by atoms with Gasteiger partial charge >= 0.3 is 5.97 Å². The van der Waals surface area contributed by atoms with Crippen molar-refractivity contribution in [1.29, 1.82) is 0 Å². The molecule has 2 rings (SSSR count). The van der Waals surface area contributed by atoms with Gasteiger partial charge in [0, 0.05) is 10.7 Å². The Bertz CT molecular complexity index is 767. The van der Waals surface area contributed by atoms with Crippen molar-refractivity contribution in [2.75, 3.05) is 12.4 Å². The highest BCUT2D eigenvalue weighted by Gasteiger charge is 2.28. The maximum absolute atomic E-state index is 12.2. The molecule has 0 fully saturated rings. The van der Waals surface area contributed by atoms with Gasteiger partial charge < -0.3 is 4.74 Å². The third kappa shape index (κ3) is 2.57. The minimum absolute atomic E-state index is 0.125. The van der Waals surface area contributed by atoms with Crippen molar-refractivity contribution in [2.24, 2.45) is 0 Å². The Morgan fingerprint density at radius 3 is 2.70 bits per heavy atom. The topological polar surface area (TPSA) is 77.7 Å². The number of carbonyl (C=O) groups is 1. The van der Waals surface area contributed by atoms with Crippen molar-refractivity contribution in [3.63, 3.8) is 0 Å². The molecule has 0 spiro atoms. The van der Waals surface area contributed by atoms with Crippen molar-refractivity contribution >= 4 is 37.4 Å². The first-order chi connectivity index (χ1) is 9.40. The Hall–Kier alpha value is -1.41. The lowest BCUT2D eigenvalue weighted by molar-refractivity contribution is 0.0515. The second kappa shape index (κ2) is 5.53. The minimum Gasteiger partial charge on any atom is -0.461 e. The summed E-state index contributed by atoms with van der Waals surface area (Å²) < 4.78 is 31.4. The Morgan fingerprint density at radius 1 is 1.40 bits per heavy atom. The molecule has 0 amide bonds. The van der Waals surface area contributed by atoms with Gasteiger partial charge in [0.25, 0.3) is 0 Å². The van der Waals surface area contributed by atoms with Crippen molar-refractivity contribution in [3.8, 4) is 0 Å². The molecule has 20 heavy (non-hydrogen) atoms. The van der Waals surface area contributed by atoms with Crippen LogP contribution < -0.4 is 0 Å². The van der Waals surface area contributed by atoms with Gasteiger partial charge in [-0.2, -0.15) is 0 Å². The summed E-state index contributed by atoms with van der Waals surface area (Å²) in [6.07, 6.45) is 1.56. The summed E-state index contributed by atoms with van der Waals surface area (Å²) >= 11 is 3.27. The standard InChI is InChI=1S/C12H13BrN2O4S/c1-3-19-12(16)10-11(20(17,18)4-2)15-7-8(13)5-6-9(15)14-10/h5-7H,3-4H2,1-2H3. The quantitative estimate of drug-likeness (QED) is 0.779. The van der Waals surface area contributed by atoms with Crippen LogP contribution in [0.4, 0.5) is 0 Å². The van der Waals surface area contributed by atoms with E-state index in [0.717, 1.165) is 0 Å². The summed E-state index contributed by atoms with van der Waals surface area (Å²) in [5.74, 6) is -0.862. The van der Waals surface area contributed by atoms with Crippen LogP contribution in [0.15, 0.2) is 27.8 Å². The second-order valence-corrected chi connectivity index (χ2v) is 7.07. The first-order valence-corrected chi connectivity index (χ1v) is 8.42. The molecule has 0 aromatic carbocycles. The molecule has 0 atom stereocenters. The molecular formula is C12H13BrN2O4S. The highest BCUT2D eigenvalue weighted by atomic mass is 79.9. The molecule has 2 heterocycles. The van der Waals surface area contributed by atoms with Gasteiger partial charge in [0.1, 0.15) is 5.65 Å². The maximum atomic E-state index is 12.2. The zero-order valence-corrected chi connectivity index (χ0v) is 13.4. The smallest absolute Gasteiger partial charge is 0.359 e. The molecule has 0 aliphatic heterocycles. The minimum atomic E-state index is -3.61. The summed E-state index contributed by atoms with van der Waals surface area (Å²) in [5.41, 5.74) is 0.204. The lowest BCUT2D eigenvalue weighted by Crippen LogP contribution is -2.14. The molecule has 0 unspecified atom stereocenters. The van der Waals surface area contributed by atoms with Crippen LogP contribution in [0.1, 0.15) is 24.3 Å². The number of hydrogen-bond donors (Lipinski definition) is 0. The summed E-state index contributed by atoms with van der Waals surface area (Å²) in [5, 5.41) is -0.130. The lowest BCUT2D eigenvalue weighted by atomic mass is 10.5. The molecule has 0 bridgehead atoms. The highest BCUT2D eigenvalue weighted by Crippen LogP contribution is 2.22. The van der Waals surface area contributed by atoms with Gasteiger partial charge in [-0.1, -0.05) is 6.92 Å². The molecule has 6 nitrogen and oxygen atoms in total. The average Bonchev–Trinajstić information content (AvgIpc) is 2.78. The fourth-order valence-electron chi connectivity index (χ4n) is 1.76. The monoisotopic (exact) mass is 360 g/mol. The van der Waals surface area contributed by atoms with E-state index in [0.29, 0.717) is 10.1 Å². The Balaban J connectivity index is 2.81. The molecule has 0 N–H and O–H groups in total. The zero-order valence-electron chi connectivity index (χ0n) is 11.0. The summed E-state index contributed by atoms with van der Waals surface area (Å²) in [6, 6.07) is 3.35. The fraction of sp³-hybridized carbons (Fsp3) is 0.333. The zero-order chi connectivity index (χ0) is 14.9. The summed E-state index contributed by atoms with van der Waals surface area (Å²) in [4.78, 5) is 16.0. The van der Waals surface area contributed by atoms with Crippen LogP contribution in [-0.2, 0) is 14.6 Å². The van der Waals surface area contributed by atoms with Gasteiger partial charge in [0.2, 0.25) is 0 Å². The molecule has 0 saturated carbocycles. The van der Waals surface area contributed by atoms with E-state index in [1.54, 1.807) is 25.3 Å².